The molecule has 2 aromatic heterocycles. The van der Waals surface area contributed by atoms with Crippen LogP contribution in [-0.4, -0.2) is 10.1 Å². The molecule has 0 saturated carbocycles. The molecule has 0 amide bonds. The van der Waals surface area contributed by atoms with E-state index in [1.54, 1.807) is 29.3 Å². The van der Waals surface area contributed by atoms with Crippen molar-refractivity contribution in [2.75, 3.05) is 4.90 Å². The van der Waals surface area contributed by atoms with Crippen LogP contribution in [0.3, 0.4) is 0 Å². The van der Waals surface area contributed by atoms with Crippen LogP contribution < -0.4 is 10.2 Å². The maximum Gasteiger partial charge on any atom is 0.174 e. The van der Waals surface area contributed by atoms with Gasteiger partial charge in [-0.2, -0.15) is 0 Å². The molecule has 1 aromatic carbocycles. The Morgan fingerprint density at radius 3 is 2.60 bits per heavy atom. The number of anilines is 1. The first kappa shape index (κ1) is 15.8. The molecule has 126 valence electrons. The Labute approximate surface area is 150 Å². The lowest BCUT2D eigenvalue weighted by Gasteiger charge is -2.26. The Morgan fingerprint density at radius 1 is 1.12 bits per heavy atom. The van der Waals surface area contributed by atoms with Crippen LogP contribution in [0, 0.1) is 12.7 Å². The number of aromatic nitrogens is 1. The van der Waals surface area contributed by atoms with Crippen molar-refractivity contribution in [3.8, 4) is 0 Å². The molecule has 0 unspecified atom stereocenters. The topological polar surface area (TPSA) is 41.3 Å². The average Bonchev–Trinajstić information content (AvgIpc) is 3.19. The van der Waals surface area contributed by atoms with Crippen LogP contribution in [0.5, 0.6) is 0 Å². The van der Waals surface area contributed by atoms with Gasteiger partial charge in [0.2, 0.25) is 0 Å². The molecular formula is C19H16FN3OS. The number of furan rings is 1. The molecular weight excluding hydrogens is 337 g/mol. The van der Waals surface area contributed by atoms with Gasteiger partial charge in [0.15, 0.2) is 5.11 Å². The molecule has 3 heterocycles. The van der Waals surface area contributed by atoms with Crippen LogP contribution in [0.15, 0.2) is 65.2 Å². The van der Waals surface area contributed by atoms with E-state index < -0.39 is 0 Å². The number of halogens is 1. The molecule has 0 aliphatic carbocycles. The summed E-state index contributed by atoms with van der Waals surface area (Å²) in [5, 5.41) is 3.72. The Bertz CT molecular complexity index is 912. The first-order valence-electron chi connectivity index (χ1n) is 7.96. The zero-order valence-electron chi connectivity index (χ0n) is 13.5. The molecule has 0 spiro atoms. The summed E-state index contributed by atoms with van der Waals surface area (Å²) in [6.45, 7) is 1.88. The minimum Gasteiger partial charge on any atom is -0.464 e. The first-order valence-corrected chi connectivity index (χ1v) is 8.37. The Balaban J connectivity index is 1.85. The highest BCUT2D eigenvalue weighted by Gasteiger charge is 2.43. The van der Waals surface area contributed by atoms with Crippen LogP contribution in [0.4, 0.5) is 10.1 Å². The largest absolute Gasteiger partial charge is 0.464 e. The van der Waals surface area contributed by atoms with Gasteiger partial charge in [0.05, 0.1) is 17.4 Å². The highest BCUT2D eigenvalue weighted by molar-refractivity contribution is 7.80. The van der Waals surface area contributed by atoms with E-state index in [-0.39, 0.29) is 17.9 Å². The second-order valence-corrected chi connectivity index (χ2v) is 6.28. The van der Waals surface area contributed by atoms with Crippen molar-refractivity contribution < 1.29 is 8.81 Å². The zero-order valence-corrected chi connectivity index (χ0v) is 14.3. The summed E-state index contributed by atoms with van der Waals surface area (Å²) >= 11 is 5.52. The van der Waals surface area contributed by atoms with E-state index >= 15 is 0 Å². The lowest BCUT2D eigenvalue weighted by Crippen LogP contribution is -2.30. The number of para-hydroxylation sites is 1. The summed E-state index contributed by atoms with van der Waals surface area (Å²) in [5.74, 6) is 1.17. The van der Waals surface area contributed by atoms with Gasteiger partial charge in [-0.15, -0.1) is 0 Å². The second-order valence-electron chi connectivity index (χ2n) is 5.90. The molecule has 3 aromatic rings. The zero-order chi connectivity index (χ0) is 17.4. The minimum absolute atomic E-state index is 0.237. The third-order valence-electron chi connectivity index (χ3n) is 4.26. The van der Waals surface area contributed by atoms with Crippen LogP contribution >= 0.6 is 12.2 Å². The summed E-state index contributed by atoms with van der Waals surface area (Å²) in [7, 11) is 0. The van der Waals surface area contributed by atoms with Crippen molar-refractivity contribution in [3.63, 3.8) is 0 Å². The smallest absolute Gasteiger partial charge is 0.174 e. The summed E-state index contributed by atoms with van der Waals surface area (Å²) in [6.07, 6.45) is 1.73. The van der Waals surface area contributed by atoms with Gasteiger partial charge in [0.1, 0.15) is 23.4 Å². The Kier molecular flexibility index (Phi) is 3.97. The van der Waals surface area contributed by atoms with Gasteiger partial charge in [0.25, 0.3) is 0 Å². The fourth-order valence-electron chi connectivity index (χ4n) is 3.16. The van der Waals surface area contributed by atoms with E-state index in [9.17, 15) is 4.39 Å². The highest BCUT2D eigenvalue weighted by atomic mass is 32.1. The highest BCUT2D eigenvalue weighted by Crippen LogP contribution is 2.42. The maximum absolute atomic E-state index is 14.5. The summed E-state index contributed by atoms with van der Waals surface area (Å²) in [4.78, 5) is 6.21. The number of hydrogen-bond donors (Lipinski definition) is 1. The molecule has 1 aliphatic heterocycles. The molecule has 1 fully saturated rings. The third-order valence-corrected chi connectivity index (χ3v) is 4.58. The predicted octanol–water partition coefficient (Wildman–Crippen LogP) is 4.30. The van der Waals surface area contributed by atoms with Gasteiger partial charge in [-0.1, -0.05) is 18.2 Å². The molecule has 4 rings (SSSR count). The Hall–Kier alpha value is -2.73. The van der Waals surface area contributed by atoms with E-state index in [1.807, 2.05) is 37.3 Å². The quantitative estimate of drug-likeness (QED) is 0.711. The van der Waals surface area contributed by atoms with Gasteiger partial charge in [-0.3, -0.25) is 4.98 Å². The SMILES string of the molecule is Cc1ccc([C@@H]2[C@H](c3ccccn3)NC(=S)N2c2ccccc2F)o1. The maximum atomic E-state index is 14.5. The number of benzene rings is 1. The number of rotatable bonds is 3. The molecule has 6 heteroatoms. The van der Waals surface area contributed by atoms with E-state index in [1.165, 1.54) is 6.07 Å². The summed E-state index contributed by atoms with van der Waals surface area (Å²) < 4.78 is 20.3. The number of aryl methyl sites for hydroxylation is 1. The normalized spacial score (nSPS) is 19.9. The van der Waals surface area contributed by atoms with Crippen molar-refractivity contribution in [1.82, 2.24) is 10.3 Å². The molecule has 1 aliphatic rings. The van der Waals surface area contributed by atoms with Gasteiger partial charge >= 0.3 is 0 Å². The van der Waals surface area contributed by atoms with Gasteiger partial charge in [0, 0.05) is 6.20 Å². The van der Waals surface area contributed by atoms with Crippen LogP contribution in [0.1, 0.15) is 29.3 Å². The fourth-order valence-corrected chi connectivity index (χ4v) is 3.50. The van der Waals surface area contributed by atoms with E-state index in [0.29, 0.717) is 16.6 Å². The van der Waals surface area contributed by atoms with E-state index in [4.69, 9.17) is 16.6 Å². The molecule has 4 nitrogen and oxygen atoms in total. The fraction of sp³-hybridized carbons (Fsp3) is 0.158. The summed E-state index contributed by atoms with van der Waals surface area (Å²) in [6, 6.07) is 15.5. The minimum atomic E-state index is -0.332. The average molecular weight is 353 g/mol. The predicted molar refractivity (Wildman–Crippen MR) is 97.8 cm³/mol. The van der Waals surface area contributed by atoms with Crippen molar-refractivity contribution >= 4 is 23.0 Å². The third kappa shape index (κ3) is 2.78. The van der Waals surface area contributed by atoms with Crippen molar-refractivity contribution in [2.24, 2.45) is 0 Å². The van der Waals surface area contributed by atoms with Gasteiger partial charge in [-0.25, -0.2) is 4.39 Å². The van der Waals surface area contributed by atoms with Crippen LogP contribution in [-0.2, 0) is 0 Å². The van der Waals surface area contributed by atoms with E-state index in [0.717, 1.165) is 11.5 Å². The van der Waals surface area contributed by atoms with Crippen LogP contribution in [0.25, 0.3) is 0 Å². The van der Waals surface area contributed by atoms with Crippen molar-refractivity contribution in [1.29, 1.82) is 0 Å². The molecule has 0 bridgehead atoms. The lowest BCUT2D eigenvalue weighted by molar-refractivity contribution is 0.416. The first-order chi connectivity index (χ1) is 12.1. The summed E-state index contributed by atoms with van der Waals surface area (Å²) in [5.41, 5.74) is 1.24. The van der Waals surface area contributed by atoms with Gasteiger partial charge in [-0.05, 0) is 55.5 Å². The number of nitrogens with zero attached hydrogens (tertiary/aromatic N) is 2. The molecule has 25 heavy (non-hydrogen) atoms. The van der Waals surface area contributed by atoms with Crippen molar-refractivity contribution in [3.05, 3.63) is 83.8 Å². The lowest BCUT2D eigenvalue weighted by atomic mass is 10.0. The standard InChI is InChI=1S/C19H16FN3OS/c1-12-9-10-16(24-12)18-17(14-7-4-5-11-21-14)22-19(25)23(18)15-8-3-2-6-13(15)20/h2-11,17-18H,1H3,(H,22,25)/t17-,18+/m0/s1. The van der Waals surface area contributed by atoms with Crippen LogP contribution in [0.2, 0.25) is 0 Å². The molecule has 0 radical (unpaired) electrons. The van der Waals surface area contributed by atoms with Gasteiger partial charge < -0.3 is 14.6 Å². The number of thiocarbonyl (C=S) groups is 1. The monoisotopic (exact) mass is 353 g/mol. The van der Waals surface area contributed by atoms with E-state index in [2.05, 4.69) is 10.3 Å². The number of hydrogen-bond acceptors (Lipinski definition) is 3. The molecule has 1 saturated heterocycles. The molecule has 2 atom stereocenters. The Morgan fingerprint density at radius 2 is 1.92 bits per heavy atom. The molecule has 1 N–H and O–H groups in total. The number of nitrogens with one attached hydrogen (secondary N) is 1. The number of pyridine rings is 1. The second kappa shape index (κ2) is 6.29. The van der Waals surface area contributed by atoms with Crippen molar-refractivity contribution in [2.45, 2.75) is 19.0 Å².